The number of phenolic OH excluding ortho intramolecular Hbond substituents is 2. The van der Waals surface area contributed by atoms with Gasteiger partial charge < -0.3 is 15.3 Å². The molecule has 0 amide bonds. The maximum atomic E-state index is 13.9. The number of hydrogen-bond acceptors (Lipinski definition) is 5. The predicted molar refractivity (Wildman–Crippen MR) is 71.7 cm³/mol. The highest BCUT2D eigenvalue weighted by Crippen LogP contribution is 2.35. The highest BCUT2D eigenvalue weighted by atomic mass is 19.2. The van der Waals surface area contributed by atoms with Gasteiger partial charge in [0.05, 0.1) is 0 Å². The average Bonchev–Trinajstić information content (AvgIpc) is 2.84. The van der Waals surface area contributed by atoms with Crippen molar-refractivity contribution >= 4 is 0 Å². The molecular weight excluding hydrogens is 296 g/mol. The van der Waals surface area contributed by atoms with Crippen LogP contribution in [0.2, 0.25) is 0 Å². The molecule has 3 rings (SSSR count). The maximum Gasteiger partial charge on any atom is 0.259 e. The summed E-state index contributed by atoms with van der Waals surface area (Å²) in [6, 6.07) is 7.03. The van der Waals surface area contributed by atoms with Gasteiger partial charge in [-0.25, -0.2) is 13.5 Å². The van der Waals surface area contributed by atoms with Crippen molar-refractivity contribution in [3.63, 3.8) is 0 Å². The average molecular weight is 305 g/mol. The molecule has 0 atom stereocenters. The minimum Gasteiger partial charge on any atom is -0.508 e. The van der Waals surface area contributed by atoms with Gasteiger partial charge in [0.2, 0.25) is 0 Å². The molecule has 0 fully saturated rings. The van der Waals surface area contributed by atoms with Crippen molar-refractivity contribution in [2.75, 3.05) is 0 Å². The van der Waals surface area contributed by atoms with E-state index in [1.165, 1.54) is 24.3 Å². The molecule has 112 valence electrons. The van der Waals surface area contributed by atoms with Crippen LogP contribution in [0.3, 0.4) is 0 Å². The van der Waals surface area contributed by atoms with E-state index in [1.54, 1.807) is 0 Å². The fourth-order valence-electron chi connectivity index (χ4n) is 2.05. The molecule has 3 N–H and O–H groups in total. The number of halogens is 2. The van der Waals surface area contributed by atoms with Gasteiger partial charge in [0.1, 0.15) is 22.9 Å². The summed E-state index contributed by atoms with van der Waals surface area (Å²) in [4.78, 5) is 0. The van der Waals surface area contributed by atoms with Crippen LogP contribution in [-0.2, 0) is 0 Å². The van der Waals surface area contributed by atoms with Crippen LogP contribution < -0.4 is 0 Å². The van der Waals surface area contributed by atoms with E-state index in [2.05, 4.69) is 10.3 Å². The molecule has 3 aromatic rings. The Morgan fingerprint density at radius 3 is 2.50 bits per heavy atom. The second-order valence-electron chi connectivity index (χ2n) is 4.45. The van der Waals surface area contributed by atoms with Gasteiger partial charge in [0.25, 0.3) is 5.88 Å². The Labute approximate surface area is 122 Å². The van der Waals surface area contributed by atoms with Crippen molar-refractivity contribution < 1.29 is 24.1 Å². The van der Waals surface area contributed by atoms with Crippen LogP contribution in [0.5, 0.6) is 17.4 Å². The fraction of sp³-hybridized carbons (Fsp3) is 0. The lowest BCUT2D eigenvalue weighted by atomic mass is 10.1. The smallest absolute Gasteiger partial charge is 0.259 e. The molecular formula is C14H9F2N3O3. The third-order valence-electron chi connectivity index (χ3n) is 3.05. The number of aromatic hydroxyl groups is 3. The zero-order valence-corrected chi connectivity index (χ0v) is 10.9. The van der Waals surface area contributed by atoms with Gasteiger partial charge in [-0.1, -0.05) is 16.4 Å². The number of benzene rings is 2. The second kappa shape index (κ2) is 4.99. The molecule has 22 heavy (non-hydrogen) atoms. The molecule has 0 aliphatic carbocycles. The van der Waals surface area contributed by atoms with Gasteiger partial charge in [0, 0.05) is 11.6 Å². The summed E-state index contributed by atoms with van der Waals surface area (Å²) in [6.07, 6.45) is 0. The Bertz CT molecular complexity index is 865. The van der Waals surface area contributed by atoms with E-state index in [0.717, 1.165) is 16.8 Å². The first-order chi connectivity index (χ1) is 10.5. The van der Waals surface area contributed by atoms with Crippen LogP contribution in [0.4, 0.5) is 8.78 Å². The number of aromatic nitrogens is 3. The summed E-state index contributed by atoms with van der Waals surface area (Å²) in [7, 11) is 0. The summed E-state index contributed by atoms with van der Waals surface area (Å²) in [5.74, 6) is -3.47. The van der Waals surface area contributed by atoms with Crippen LogP contribution in [0, 0.1) is 11.6 Å². The Morgan fingerprint density at radius 1 is 1.00 bits per heavy atom. The standard InChI is InChI=1S/C14H9F2N3O3/c15-9-3-1-2-8(12(9)16)13-14(22)17-18-19(13)10-5-4-7(20)6-11(10)21/h1-6,20-22H. The van der Waals surface area contributed by atoms with Crippen molar-refractivity contribution in [1.29, 1.82) is 0 Å². The highest BCUT2D eigenvalue weighted by Gasteiger charge is 2.22. The van der Waals surface area contributed by atoms with E-state index in [1.807, 2.05) is 0 Å². The summed E-state index contributed by atoms with van der Waals surface area (Å²) < 4.78 is 28.3. The predicted octanol–water partition coefficient (Wildman–Crippen LogP) is 2.33. The molecule has 0 spiro atoms. The zero-order valence-electron chi connectivity index (χ0n) is 10.9. The number of nitrogens with zero attached hydrogens (tertiary/aromatic N) is 3. The van der Waals surface area contributed by atoms with Gasteiger partial charge in [0.15, 0.2) is 11.6 Å². The Morgan fingerprint density at radius 2 is 1.77 bits per heavy atom. The molecule has 0 bridgehead atoms. The topological polar surface area (TPSA) is 91.4 Å². The van der Waals surface area contributed by atoms with Crippen LogP contribution in [0.1, 0.15) is 0 Å². The molecule has 0 unspecified atom stereocenters. The number of rotatable bonds is 2. The largest absolute Gasteiger partial charge is 0.508 e. The quantitative estimate of drug-likeness (QED) is 0.676. The van der Waals surface area contributed by atoms with Gasteiger partial charge in [-0.3, -0.25) is 0 Å². The third-order valence-corrected chi connectivity index (χ3v) is 3.05. The summed E-state index contributed by atoms with van der Waals surface area (Å²) in [5.41, 5.74) is -0.461. The Hall–Kier alpha value is -3.16. The monoisotopic (exact) mass is 305 g/mol. The second-order valence-corrected chi connectivity index (χ2v) is 4.45. The Kier molecular flexibility index (Phi) is 3.13. The van der Waals surface area contributed by atoms with E-state index >= 15 is 0 Å². The SMILES string of the molecule is Oc1ccc(-n2nnc(O)c2-c2cccc(F)c2F)c(O)c1. The van der Waals surface area contributed by atoms with Crippen molar-refractivity contribution in [2.24, 2.45) is 0 Å². The van der Waals surface area contributed by atoms with Gasteiger partial charge in [-0.2, -0.15) is 0 Å². The molecule has 0 saturated heterocycles. The van der Waals surface area contributed by atoms with E-state index in [-0.39, 0.29) is 28.4 Å². The molecule has 6 nitrogen and oxygen atoms in total. The van der Waals surface area contributed by atoms with Crippen LogP contribution in [0.25, 0.3) is 16.9 Å². The Balaban J connectivity index is 2.26. The molecule has 2 aromatic carbocycles. The van der Waals surface area contributed by atoms with E-state index < -0.39 is 17.5 Å². The lowest BCUT2D eigenvalue weighted by molar-refractivity contribution is 0.447. The molecule has 0 aliphatic heterocycles. The minimum absolute atomic E-state index is 0.0317. The highest BCUT2D eigenvalue weighted by molar-refractivity contribution is 5.68. The lowest BCUT2D eigenvalue weighted by Gasteiger charge is -2.09. The zero-order chi connectivity index (χ0) is 15.9. The van der Waals surface area contributed by atoms with Crippen LogP contribution >= 0.6 is 0 Å². The molecule has 0 radical (unpaired) electrons. The number of hydrogen-bond donors (Lipinski definition) is 3. The number of phenols is 2. The van der Waals surface area contributed by atoms with Gasteiger partial charge in [-0.05, 0) is 24.3 Å². The molecule has 1 heterocycles. The van der Waals surface area contributed by atoms with E-state index in [9.17, 15) is 24.1 Å². The molecule has 0 aliphatic rings. The summed E-state index contributed by atoms with van der Waals surface area (Å²) in [6.45, 7) is 0. The molecule has 8 heteroatoms. The van der Waals surface area contributed by atoms with E-state index in [0.29, 0.717) is 0 Å². The van der Waals surface area contributed by atoms with Crippen molar-refractivity contribution in [3.05, 3.63) is 48.0 Å². The lowest BCUT2D eigenvalue weighted by Crippen LogP contribution is -2.01. The molecule has 0 saturated carbocycles. The maximum absolute atomic E-state index is 13.9. The first-order valence-corrected chi connectivity index (χ1v) is 6.10. The van der Waals surface area contributed by atoms with Gasteiger partial charge in [-0.15, -0.1) is 0 Å². The third kappa shape index (κ3) is 2.10. The first kappa shape index (κ1) is 13.8. The van der Waals surface area contributed by atoms with Gasteiger partial charge >= 0.3 is 0 Å². The molecule has 1 aromatic heterocycles. The fourth-order valence-corrected chi connectivity index (χ4v) is 2.05. The first-order valence-electron chi connectivity index (χ1n) is 6.10. The van der Waals surface area contributed by atoms with Crippen LogP contribution in [-0.4, -0.2) is 30.3 Å². The minimum atomic E-state index is -1.18. The van der Waals surface area contributed by atoms with Crippen molar-refractivity contribution in [1.82, 2.24) is 15.0 Å². The van der Waals surface area contributed by atoms with Crippen LogP contribution in [0.15, 0.2) is 36.4 Å². The normalized spacial score (nSPS) is 10.8. The summed E-state index contributed by atoms with van der Waals surface area (Å²) in [5, 5.41) is 36.0. The van der Waals surface area contributed by atoms with Crippen molar-refractivity contribution in [3.8, 4) is 34.3 Å². The summed E-state index contributed by atoms with van der Waals surface area (Å²) >= 11 is 0. The van der Waals surface area contributed by atoms with Crippen molar-refractivity contribution in [2.45, 2.75) is 0 Å². The van der Waals surface area contributed by atoms with E-state index in [4.69, 9.17) is 0 Å².